The number of nitrogens with zero attached hydrogens (tertiary/aromatic N) is 1. The zero-order chi connectivity index (χ0) is 16.9. The van der Waals surface area contributed by atoms with Crippen LogP contribution in [0.5, 0.6) is 0 Å². The molecule has 2 N–H and O–H groups in total. The van der Waals surface area contributed by atoms with E-state index in [2.05, 4.69) is 10.6 Å². The Balaban J connectivity index is 1.94. The van der Waals surface area contributed by atoms with Crippen LogP contribution in [0.3, 0.4) is 0 Å². The number of likely N-dealkylation sites (tertiary alicyclic amines) is 1. The summed E-state index contributed by atoms with van der Waals surface area (Å²) in [6.07, 6.45) is 1.65. The van der Waals surface area contributed by atoms with E-state index in [1.165, 1.54) is 0 Å². The molecule has 1 saturated heterocycles. The smallest absolute Gasteiger partial charge is 0.317 e. The van der Waals surface area contributed by atoms with Crippen molar-refractivity contribution in [3.63, 3.8) is 0 Å². The fourth-order valence-electron chi connectivity index (χ4n) is 2.93. The highest BCUT2D eigenvalue weighted by Crippen LogP contribution is 2.29. The second-order valence-electron chi connectivity index (χ2n) is 6.86. The van der Waals surface area contributed by atoms with Gasteiger partial charge in [-0.1, -0.05) is 30.3 Å². The van der Waals surface area contributed by atoms with Gasteiger partial charge in [-0.15, -0.1) is 0 Å². The van der Waals surface area contributed by atoms with Crippen LogP contribution in [-0.4, -0.2) is 36.0 Å². The van der Waals surface area contributed by atoms with Crippen molar-refractivity contribution in [1.82, 2.24) is 15.5 Å². The van der Waals surface area contributed by atoms with E-state index in [-0.39, 0.29) is 18.0 Å². The predicted octanol–water partition coefficient (Wildman–Crippen LogP) is 2.52. The van der Waals surface area contributed by atoms with Crippen molar-refractivity contribution in [1.29, 1.82) is 0 Å². The third kappa shape index (κ3) is 4.71. The van der Waals surface area contributed by atoms with E-state index in [1.807, 2.05) is 51.1 Å². The summed E-state index contributed by atoms with van der Waals surface area (Å²) < 4.78 is 0. The minimum Gasteiger partial charge on any atom is -0.351 e. The summed E-state index contributed by atoms with van der Waals surface area (Å²) >= 11 is 0. The summed E-state index contributed by atoms with van der Waals surface area (Å²) in [5.74, 6) is 0.0170. The lowest BCUT2D eigenvalue weighted by Crippen LogP contribution is -2.54. The molecule has 0 saturated carbocycles. The zero-order valence-corrected chi connectivity index (χ0v) is 14.3. The number of carbonyl (C=O) groups excluding carboxylic acids is 2. The van der Waals surface area contributed by atoms with Gasteiger partial charge < -0.3 is 15.5 Å². The van der Waals surface area contributed by atoms with Crippen LogP contribution < -0.4 is 10.6 Å². The highest BCUT2D eigenvalue weighted by Gasteiger charge is 2.39. The first-order chi connectivity index (χ1) is 10.9. The first-order valence-electron chi connectivity index (χ1n) is 8.28. The average Bonchev–Trinajstić information content (AvgIpc) is 2.53. The molecule has 1 aliphatic heterocycles. The summed E-state index contributed by atoms with van der Waals surface area (Å²) in [5.41, 5.74) is 0.552. The number of carbonyl (C=O) groups is 2. The van der Waals surface area contributed by atoms with Crippen LogP contribution in [-0.2, 0) is 11.3 Å². The summed E-state index contributed by atoms with van der Waals surface area (Å²) in [5, 5.41) is 5.91. The number of hydrogen-bond donors (Lipinski definition) is 2. The molecule has 2 rings (SSSR count). The topological polar surface area (TPSA) is 61.4 Å². The van der Waals surface area contributed by atoms with Gasteiger partial charge in [0.05, 0.1) is 5.41 Å². The maximum Gasteiger partial charge on any atom is 0.317 e. The van der Waals surface area contributed by atoms with Gasteiger partial charge in [-0.3, -0.25) is 4.79 Å². The minimum absolute atomic E-state index is 0.0170. The molecular weight excluding hydrogens is 290 g/mol. The number of urea groups is 1. The van der Waals surface area contributed by atoms with Crippen molar-refractivity contribution < 1.29 is 9.59 Å². The standard InChI is InChI=1S/C18H27N3O2/c1-14(2)20-17(23)21-11-7-10-18(3,13-21)16(22)19-12-15-8-5-4-6-9-15/h4-6,8-9,14H,7,10-13H2,1-3H3,(H,19,22)(H,20,23)/t18-/m0/s1. The second kappa shape index (κ2) is 7.49. The van der Waals surface area contributed by atoms with E-state index in [4.69, 9.17) is 0 Å². The van der Waals surface area contributed by atoms with Crippen LogP contribution >= 0.6 is 0 Å². The molecule has 5 nitrogen and oxygen atoms in total. The highest BCUT2D eigenvalue weighted by atomic mass is 16.2. The molecule has 1 aromatic carbocycles. The first-order valence-corrected chi connectivity index (χ1v) is 8.28. The molecule has 126 valence electrons. The molecule has 0 bridgehead atoms. The Morgan fingerprint density at radius 3 is 2.61 bits per heavy atom. The minimum atomic E-state index is -0.526. The molecular formula is C18H27N3O2. The fourth-order valence-corrected chi connectivity index (χ4v) is 2.93. The summed E-state index contributed by atoms with van der Waals surface area (Å²) in [7, 11) is 0. The number of benzene rings is 1. The lowest BCUT2D eigenvalue weighted by molar-refractivity contribution is -0.132. The number of piperidine rings is 1. The Morgan fingerprint density at radius 2 is 1.96 bits per heavy atom. The van der Waals surface area contributed by atoms with Gasteiger partial charge in [0.1, 0.15) is 0 Å². The maximum atomic E-state index is 12.6. The van der Waals surface area contributed by atoms with Gasteiger partial charge in [-0.2, -0.15) is 0 Å². The molecule has 0 unspecified atom stereocenters. The largest absolute Gasteiger partial charge is 0.351 e. The van der Waals surface area contributed by atoms with E-state index in [9.17, 15) is 9.59 Å². The third-order valence-electron chi connectivity index (χ3n) is 4.24. The van der Waals surface area contributed by atoms with Crippen molar-refractivity contribution >= 4 is 11.9 Å². The van der Waals surface area contributed by atoms with Crippen LogP contribution in [0.2, 0.25) is 0 Å². The van der Waals surface area contributed by atoms with Crippen LogP contribution in [0.4, 0.5) is 4.79 Å². The van der Waals surface area contributed by atoms with Crippen molar-refractivity contribution in [2.75, 3.05) is 13.1 Å². The van der Waals surface area contributed by atoms with Crippen molar-refractivity contribution in [2.45, 2.75) is 46.2 Å². The molecule has 0 aliphatic carbocycles. The summed E-state index contributed by atoms with van der Waals surface area (Å²) in [6, 6.07) is 9.88. The summed E-state index contributed by atoms with van der Waals surface area (Å²) in [6.45, 7) is 7.52. The number of nitrogens with one attached hydrogen (secondary N) is 2. The Bertz CT molecular complexity index is 544. The quantitative estimate of drug-likeness (QED) is 0.896. The first kappa shape index (κ1) is 17.3. The van der Waals surface area contributed by atoms with Gasteiger partial charge in [0, 0.05) is 25.7 Å². The molecule has 5 heteroatoms. The van der Waals surface area contributed by atoms with Crippen molar-refractivity contribution in [3.8, 4) is 0 Å². The zero-order valence-electron chi connectivity index (χ0n) is 14.3. The van der Waals surface area contributed by atoms with Crippen LogP contribution in [0.15, 0.2) is 30.3 Å². The second-order valence-corrected chi connectivity index (χ2v) is 6.86. The summed E-state index contributed by atoms with van der Waals surface area (Å²) in [4.78, 5) is 26.6. The highest BCUT2D eigenvalue weighted by molar-refractivity contribution is 5.84. The van der Waals surface area contributed by atoms with E-state index in [0.29, 0.717) is 19.6 Å². The van der Waals surface area contributed by atoms with E-state index in [1.54, 1.807) is 4.90 Å². The maximum absolute atomic E-state index is 12.6. The molecule has 1 heterocycles. The van der Waals surface area contributed by atoms with E-state index in [0.717, 1.165) is 18.4 Å². The third-order valence-corrected chi connectivity index (χ3v) is 4.24. The Kier molecular flexibility index (Phi) is 5.64. The molecule has 1 aliphatic rings. The molecule has 1 aromatic rings. The van der Waals surface area contributed by atoms with Crippen molar-refractivity contribution in [3.05, 3.63) is 35.9 Å². The molecule has 0 aromatic heterocycles. The van der Waals surface area contributed by atoms with Crippen LogP contribution in [0.1, 0.15) is 39.2 Å². The normalized spacial score (nSPS) is 21.1. The number of amides is 3. The van der Waals surface area contributed by atoms with Gasteiger partial charge in [0.15, 0.2) is 0 Å². The monoisotopic (exact) mass is 317 g/mol. The average molecular weight is 317 g/mol. The molecule has 1 fully saturated rings. The molecule has 23 heavy (non-hydrogen) atoms. The Hall–Kier alpha value is -2.04. The van der Waals surface area contributed by atoms with E-state index < -0.39 is 5.41 Å². The van der Waals surface area contributed by atoms with Crippen LogP contribution in [0.25, 0.3) is 0 Å². The van der Waals surface area contributed by atoms with Crippen LogP contribution in [0, 0.1) is 5.41 Å². The molecule has 0 spiro atoms. The predicted molar refractivity (Wildman–Crippen MR) is 90.9 cm³/mol. The van der Waals surface area contributed by atoms with Gasteiger partial charge >= 0.3 is 6.03 Å². The van der Waals surface area contributed by atoms with Gasteiger partial charge in [0.2, 0.25) is 5.91 Å². The van der Waals surface area contributed by atoms with E-state index >= 15 is 0 Å². The van der Waals surface area contributed by atoms with Gasteiger partial charge in [-0.25, -0.2) is 4.79 Å². The number of rotatable bonds is 4. The SMILES string of the molecule is CC(C)NC(=O)N1CCC[C@](C)(C(=O)NCc2ccccc2)C1. The lowest BCUT2D eigenvalue weighted by atomic mass is 9.81. The molecule has 1 atom stereocenters. The Labute approximate surface area is 138 Å². The van der Waals surface area contributed by atoms with Gasteiger partial charge in [-0.05, 0) is 39.2 Å². The van der Waals surface area contributed by atoms with Gasteiger partial charge in [0.25, 0.3) is 0 Å². The molecule has 0 radical (unpaired) electrons. The lowest BCUT2D eigenvalue weighted by Gasteiger charge is -2.39. The Morgan fingerprint density at radius 1 is 1.26 bits per heavy atom. The van der Waals surface area contributed by atoms with Crippen molar-refractivity contribution in [2.24, 2.45) is 5.41 Å². The molecule has 3 amide bonds. The fraction of sp³-hybridized carbons (Fsp3) is 0.556. The number of hydrogen-bond acceptors (Lipinski definition) is 2.